The Labute approximate surface area is 138 Å². The van der Waals surface area contributed by atoms with Gasteiger partial charge in [-0.3, -0.25) is 4.55 Å². The van der Waals surface area contributed by atoms with Crippen LogP contribution in [0.5, 0.6) is 0 Å². The van der Waals surface area contributed by atoms with Gasteiger partial charge in [0.25, 0.3) is 0 Å². The Bertz CT molecular complexity index is 391. The molecule has 4 nitrogen and oxygen atoms in total. The summed E-state index contributed by atoms with van der Waals surface area (Å²) in [6.45, 7) is 8.75. The van der Waals surface area contributed by atoms with Crippen molar-refractivity contribution in [2.24, 2.45) is 5.92 Å². The Hall–Kier alpha value is -0.340. The minimum absolute atomic E-state index is 0.978. The molecule has 0 spiro atoms. The molecule has 1 rings (SSSR count). The molecule has 0 unspecified atom stereocenters. The second kappa shape index (κ2) is 11.3. The normalized spacial score (nSPS) is 17.7. The quantitative estimate of drug-likeness (QED) is 0.413. The first-order valence-corrected chi connectivity index (χ1v) is 9.78. The molecule has 140 valence electrons. The molecule has 1 aliphatic heterocycles. The fourth-order valence-corrected chi connectivity index (χ4v) is 2.40. The van der Waals surface area contributed by atoms with Gasteiger partial charge in [0.2, 0.25) is 0 Å². The SMILES string of the molecule is CCCCCCCCN1CCC(C)CC1.O=S(=O)(O)C(F)(F)F. The van der Waals surface area contributed by atoms with E-state index in [1.54, 1.807) is 0 Å². The van der Waals surface area contributed by atoms with E-state index in [0.717, 1.165) is 5.92 Å². The topological polar surface area (TPSA) is 57.6 Å². The highest BCUT2D eigenvalue weighted by molar-refractivity contribution is 7.86. The summed E-state index contributed by atoms with van der Waals surface area (Å²) < 4.78 is 57.5. The van der Waals surface area contributed by atoms with Gasteiger partial charge in [0.15, 0.2) is 0 Å². The number of hydrogen-bond acceptors (Lipinski definition) is 3. The third kappa shape index (κ3) is 11.8. The summed E-state index contributed by atoms with van der Waals surface area (Å²) in [5.41, 5.74) is -5.53. The molecule has 0 saturated carbocycles. The van der Waals surface area contributed by atoms with Gasteiger partial charge in [0, 0.05) is 0 Å². The average molecular weight is 361 g/mol. The maximum absolute atomic E-state index is 10.7. The summed E-state index contributed by atoms with van der Waals surface area (Å²) in [6.07, 6.45) is 11.4. The Kier molecular flexibility index (Phi) is 11.1. The number of halogens is 3. The van der Waals surface area contributed by atoms with Crippen LogP contribution in [-0.4, -0.2) is 43.0 Å². The van der Waals surface area contributed by atoms with Crippen molar-refractivity contribution in [2.45, 2.75) is 70.7 Å². The molecule has 0 aromatic heterocycles. The zero-order valence-electron chi connectivity index (χ0n) is 14.1. The van der Waals surface area contributed by atoms with Crippen LogP contribution in [0.2, 0.25) is 0 Å². The summed E-state index contributed by atoms with van der Waals surface area (Å²) in [5, 5.41) is 0. The van der Waals surface area contributed by atoms with Crippen LogP contribution in [0, 0.1) is 5.92 Å². The van der Waals surface area contributed by atoms with Crippen LogP contribution in [-0.2, 0) is 10.1 Å². The monoisotopic (exact) mass is 361 g/mol. The smallest absolute Gasteiger partial charge is 0.303 e. The van der Waals surface area contributed by atoms with Gasteiger partial charge >= 0.3 is 15.6 Å². The Balaban J connectivity index is 0.000000515. The van der Waals surface area contributed by atoms with Gasteiger partial charge in [0.1, 0.15) is 0 Å². The maximum Gasteiger partial charge on any atom is 0.522 e. The van der Waals surface area contributed by atoms with E-state index in [-0.39, 0.29) is 0 Å². The third-order valence-corrected chi connectivity index (χ3v) is 4.58. The molecular formula is C15H30F3NO3S. The van der Waals surface area contributed by atoms with Crippen molar-refractivity contribution in [1.29, 1.82) is 0 Å². The molecule has 0 atom stereocenters. The summed E-state index contributed by atoms with van der Waals surface area (Å²) in [6, 6.07) is 0. The number of hydrogen-bond donors (Lipinski definition) is 1. The molecule has 0 radical (unpaired) electrons. The highest BCUT2D eigenvalue weighted by Gasteiger charge is 2.44. The average Bonchev–Trinajstić information content (AvgIpc) is 2.43. The molecule has 0 aromatic rings. The van der Waals surface area contributed by atoms with Crippen LogP contribution in [0.4, 0.5) is 13.2 Å². The number of rotatable bonds is 7. The molecule has 1 saturated heterocycles. The van der Waals surface area contributed by atoms with Gasteiger partial charge in [-0.2, -0.15) is 21.6 Å². The lowest BCUT2D eigenvalue weighted by Crippen LogP contribution is -2.33. The van der Waals surface area contributed by atoms with Crippen LogP contribution >= 0.6 is 0 Å². The van der Waals surface area contributed by atoms with Crippen LogP contribution in [0.25, 0.3) is 0 Å². The minimum atomic E-state index is -5.84. The first kappa shape index (κ1) is 22.7. The van der Waals surface area contributed by atoms with Crippen molar-refractivity contribution in [3.05, 3.63) is 0 Å². The lowest BCUT2D eigenvalue weighted by Gasteiger charge is -2.30. The van der Waals surface area contributed by atoms with Crippen molar-refractivity contribution in [3.8, 4) is 0 Å². The first-order valence-electron chi connectivity index (χ1n) is 8.34. The van der Waals surface area contributed by atoms with E-state index in [0.29, 0.717) is 0 Å². The summed E-state index contributed by atoms with van der Waals surface area (Å²) in [5.74, 6) is 0.978. The predicted molar refractivity (Wildman–Crippen MR) is 85.8 cm³/mol. The van der Waals surface area contributed by atoms with E-state index in [9.17, 15) is 13.2 Å². The third-order valence-electron chi connectivity index (χ3n) is 4.00. The Morgan fingerprint density at radius 2 is 1.48 bits per heavy atom. The van der Waals surface area contributed by atoms with E-state index < -0.39 is 15.6 Å². The predicted octanol–water partition coefficient (Wildman–Crippen LogP) is 4.47. The molecule has 23 heavy (non-hydrogen) atoms. The van der Waals surface area contributed by atoms with Gasteiger partial charge in [-0.25, -0.2) is 0 Å². The van der Waals surface area contributed by atoms with E-state index in [1.165, 1.54) is 71.0 Å². The maximum atomic E-state index is 10.7. The van der Waals surface area contributed by atoms with Crippen molar-refractivity contribution < 1.29 is 26.1 Å². The molecule has 0 aromatic carbocycles. The summed E-state index contributed by atoms with van der Waals surface area (Å²) in [7, 11) is -5.84. The fraction of sp³-hybridized carbons (Fsp3) is 1.00. The molecule has 0 amide bonds. The van der Waals surface area contributed by atoms with E-state index >= 15 is 0 Å². The van der Waals surface area contributed by atoms with Gasteiger partial charge in [-0.1, -0.05) is 46.0 Å². The van der Waals surface area contributed by atoms with Gasteiger partial charge in [-0.05, 0) is 44.8 Å². The minimum Gasteiger partial charge on any atom is -0.303 e. The van der Waals surface area contributed by atoms with Crippen LogP contribution < -0.4 is 0 Å². The molecule has 1 aliphatic rings. The number of unbranched alkanes of at least 4 members (excludes halogenated alkanes) is 5. The molecule has 1 N–H and O–H groups in total. The van der Waals surface area contributed by atoms with Crippen molar-refractivity contribution in [2.75, 3.05) is 19.6 Å². The van der Waals surface area contributed by atoms with Crippen LogP contribution in [0.15, 0.2) is 0 Å². The first-order chi connectivity index (χ1) is 10.6. The van der Waals surface area contributed by atoms with Crippen molar-refractivity contribution in [1.82, 2.24) is 4.90 Å². The highest BCUT2D eigenvalue weighted by Crippen LogP contribution is 2.20. The summed E-state index contributed by atoms with van der Waals surface area (Å²) >= 11 is 0. The van der Waals surface area contributed by atoms with E-state index in [1.807, 2.05) is 0 Å². The van der Waals surface area contributed by atoms with Crippen molar-refractivity contribution in [3.63, 3.8) is 0 Å². The molecule has 8 heteroatoms. The van der Waals surface area contributed by atoms with Gasteiger partial charge < -0.3 is 4.90 Å². The van der Waals surface area contributed by atoms with E-state index in [2.05, 4.69) is 18.7 Å². The molecule has 0 aliphatic carbocycles. The zero-order valence-corrected chi connectivity index (χ0v) is 14.9. The standard InChI is InChI=1S/C14H29N.CHF3O3S/c1-3-4-5-6-7-8-11-15-12-9-14(2)10-13-15;2-1(3,4)8(5,6)7/h14H,3-13H2,1-2H3;(H,5,6,7). The van der Waals surface area contributed by atoms with E-state index in [4.69, 9.17) is 13.0 Å². The van der Waals surface area contributed by atoms with Crippen molar-refractivity contribution >= 4 is 10.1 Å². The van der Waals surface area contributed by atoms with Gasteiger partial charge in [-0.15, -0.1) is 0 Å². The number of piperidine rings is 1. The zero-order chi connectivity index (χ0) is 17.9. The number of nitrogens with zero attached hydrogens (tertiary/aromatic N) is 1. The lowest BCUT2D eigenvalue weighted by molar-refractivity contribution is -0.0510. The largest absolute Gasteiger partial charge is 0.522 e. The molecule has 1 fully saturated rings. The lowest BCUT2D eigenvalue weighted by atomic mass is 9.99. The second-order valence-corrected chi connectivity index (χ2v) is 7.63. The van der Waals surface area contributed by atoms with Crippen LogP contribution in [0.1, 0.15) is 65.2 Å². The second-order valence-electron chi connectivity index (χ2n) is 6.21. The number of likely N-dealkylation sites (tertiary alicyclic amines) is 1. The van der Waals surface area contributed by atoms with Gasteiger partial charge in [0.05, 0.1) is 0 Å². The molecule has 0 bridgehead atoms. The van der Waals surface area contributed by atoms with Crippen LogP contribution in [0.3, 0.4) is 0 Å². The fourth-order valence-electron chi connectivity index (χ4n) is 2.40. The Morgan fingerprint density at radius 3 is 1.91 bits per heavy atom. The Morgan fingerprint density at radius 1 is 1.04 bits per heavy atom. The molecule has 1 heterocycles. The number of alkyl halides is 3. The molecular weight excluding hydrogens is 331 g/mol. The highest BCUT2D eigenvalue weighted by atomic mass is 32.2. The summed E-state index contributed by atoms with van der Waals surface area (Å²) in [4.78, 5) is 2.67.